The Bertz CT molecular complexity index is 1140. The molecule has 4 aliphatic carbocycles. The van der Waals surface area contributed by atoms with Crippen molar-refractivity contribution in [2.24, 2.45) is 22.7 Å². The molecule has 0 N–H and O–H groups in total. The van der Waals surface area contributed by atoms with Gasteiger partial charge in [0.1, 0.15) is 11.5 Å². The molecular formula is C27H26N2O3. The van der Waals surface area contributed by atoms with Crippen LogP contribution in [0, 0.1) is 27.9 Å². The highest BCUT2D eigenvalue weighted by molar-refractivity contribution is 5.80. The Balaban J connectivity index is 1.16. The Morgan fingerprint density at radius 3 is 2.09 bits per heavy atom. The lowest BCUT2D eigenvalue weighted by molar-refractivity contribution is -0.384. The van der Waals surface area contributed by atoms with Crippen LogP contribution < -0.4 is 0 Å². The zero-order valence-corrected chi connectivity index (χ0v) is 17.9. The van der Waals surface area contributed by atoms with E-state index < -0.39 is 4.92 Å². The Labute approximate surface area is 187 Å². The van der Waals surface area contributed by atoms with Gasteiger partial charge < -0.3 is 4.42 Å². The Morgan fingerprint density at radius 2 is 1.50 bits per heavy atom. The molecule has 5 nitrogen and oxygen atoms in total. The highest BCUT2D eigenvalue weighted by atomic mass is 16.6. The monoisotopic (exact) mass is 426 g/mol. The summed E-state index contributed by atoms with van der Waals surface area (Å²) in [4.78, 5) is 15.0. The van der Waals surface area contributed by atoms with Gasteiger partial charge in [0.05, 0.1) is 16.8 Å². The van der Waals surface area contributed by atoms with Gasteiger partial charge in [0.2, 0.25) is 0 Å². The number of non-ortho nitro benzene ring substituents is 1. The lowest BCUT2D eigenvalue weighted by atomic mass is 9.48. The summed E-state index contributed by atoms with van der Waals surface area (Å²) in [5, 5.41) is 10.8. The van der Waals surface area contributed by atoms with Gasteiger partial charge in [-0.15, -0.1) is 0 Å². The number of furan rings is 1. The molecule has 4 saturated carbocycles. The third-order valence-corrected chi connectivity index (χ3v) is 7.85. The first-order valence-corrected chi connectivity index (χ1v) is 11.6. The molecule has 1 heterocycles. The van der Waals surface area contributed by atoms with Crippen molar-refractivity contribution in [2.75, 3.05) is 0 Å². The molecule has 0 atom stereocenters. The molecule has 7 rings (SSSR count). The molecule has 0 saturated heterocycles. The van der Waals surface area contributed by atoms with E-state index in [2.05, 4.69) is 29.3 Å². The molecule has 162 valence electrons. The Hall–Kier alpha value is -3.21. The molecule has 1 aromatic heterocycles. The Kier molecular flexibility index (Phi) is 4.53. The molecule has 4 aliphatic rings. The van der Waals surface area contributed by atoms with Gasteiger partial charge in [0.25, 0.3) is 5.69 Å². The zero-order chi connectivity index (χ0) is 21.7. The lowest BCUT2D eigenvalue weighted by Gasteiger charge is -2.57. The highest BCUT2D eigenvalue weighted by Crippen LogP contribution is 2.60. The largest absolute Gasteiger partial charge is 0.455 e. The molecule has 5 heteroatoms. The Morgan fingerprint density at radius 1 is 0.875 bits per heavy atom. The van der Waals surface area contributed by atoms with E-state index in [0.717, 1.165) is 29.0 Å². The van der Waals surface area contributed by atoms with Crippen molar-refractivity contribution in [3.8, 4) is 11.3 Å². The fourth-order valence-electron chi connectivity index (χ4n) is 6.83. The van der Waals surface area contributed by atoms with Crippen LogP contribution in [0.1, 0.15) is 49.8 Å². The summed E-state index contributed by atoms with van der Waals surface area (Å²) >= 11 is 0. The molecule has 0 spiro atoms. The van der Waals surface area contributed by atoms with Crippen LogP contribution in [0.3, 0.4) is 0 Å². The number of hydrogen-bond donors (Lipinski definition) is 0. The second kappa shape index (κ2) is 7.44. The van der Waals surface area contributed by atoms with E-state index >= 15 is 0 Å². The molecule has 32 heavy (non-hydrogen) atoms. The van der Waals surface area contributed by atoms with Crippen LogP contribution in [0.5, 0.6) is 0 Å². The number of nitro groups is 1. The second-order valence-electron chi connectivity index (χ2n) is 10.0. The lowest BCUT2D eigenvalue weighted by Crippen LogP contribution is -2.48. The first-order chi connectivity index (χ1) is 15.6. The van der Waals surface area contributed by atoms with Gasteiger partial charge in [0.15, 0.2) is 0 Å². The van der Waals surface area contributed by atoms with Crippen molar-refractivity contribution < 1.29 is 9.34 Å². The number of rotatable bonds is 5. The summed E-state index contributed by atoms with van der Waals surface area (Å²) < 4.78 is 5.86. The minimum atomic E-state index is -0.404. The SMILES string of the molecule is O=[N+]([O-])c1ccc(-c2ccc(C=Nc3ccc(C45CC6CC(CC(C6)C4)C5)cc3)o2)cc1. The van der Waals surface area contributed by atoms with Crippen LogP contribution in [0.2, 0.25) is 0 Å². The molecule has 2 aromatic carbocycles. The molecule has 0 unspecified atom stereocenters. The normalized spacial score (nSPS) is 28.4. The van der Waals surface area contributed by atoms with E-state index in [1.54, 1.807) is 18.3 Å². The van der Waals surface area contributed by atoms with E-state index in [0.29, 0.717) is 16.9 Å². The van der Waals surface area contributed by atoms with Crippen LogP contribution in [0.4, 0.5) is 11.4 Å². The fourth-order valence-corrected chi connectivity index (χ4v) is 6.83. The van der Waals surface area contributed by atoms with E-state index in [1.807, 2.05) is 12.1 Å². The first-order valence-electron chi connectivity index (χ1n) is 11.6. The van der Waals surface area contributed by atoms with Crippen LogP contribution in [-0.2, 0) is 5.41 Å². The average molecular weight is 427 g/mol. The van der Waals surface area contributed by atoms with Gasteiger partial charge in [-0.2, -0.15) is 0 Å². The number of aliphatic imine (C=N–C) groups is 1. The molecule has 0 amide bonds. The first kappa shape index (κ1) is 19.5. The minimum absolute atomic E-state index is 0.0686. The summed E-state index contributed by atoms with van der Waals surface area (Å²) in [6.45, 7) is 0. The molecule has 0 radical (unpaired) electrons. The maximum atomic E-state index is 10.8. The summed E-state index contributed by atoms with van der Waals surface area (Å²) in [6, 6.07) is 18.9. The predicted octanol–water partition coefficient (Wildman–Crippen LogP) is 7.07. The molecular weight excluding hydrogens is 400 g/mol. The van der Waals surface area contributed by atoms with Gasteiger partial charge in [-0.1, -0.05) is 12.1 Å². The minimum Gasteiger partial charge on any atom is -0.455 e. The third kappa shape index (κ3) is 3.46. The maximum Gasteiger partial charge on any atom is 0.269 e. The number of nitro benzene ring substituents is 1. The van der Waals surface area contributed by atoms with Crippen molar-refractivity contribution in [1.82, 2.24) is 0 Å². The summed E-state index contributed by atoms with van der Waals surface area (Å²) in [7, 11) is 0. The summed E-state index contributed by atoms with van der Waals surface area (Å²) in [5.74, 6) is 4.16. The van der Waals surface area contributed by atoms with E-state index in [1.165, 1.54) is 56.2 Å². The fraction of sp³-hybridized carbons (Fsp3) is 0.370. The van der Waals surface area contributed by atoms with Gasteiger partial charge in [-0.25, -0.2) is 0 Å². The van der Waals surface area contributed by atoms with Crippen LogP contribution in [0.25, 0.3) is 11.3 Å². The smallest absolute Gasteiger partial charge is 0.269 e. The molecule has 4 bridgehead atoms. The third-order valence-electron chi connectivity index (χ3n) is 7.85. The van der Waals surface area contributed by atoms with Crippen LogP contribution in [0.15, 0.2) is 70.1 Å². The maximum absolute atomic E-state index is 10.8. The van der Waals surface area contributed by atoms with E-state index in [4.69, 9.17) is 4.42 Å². The van der Waals surface area contributed by atoms with Gasteiger partial charge >= 0.3 is 0 Å². The highest BCUT2D eigenvalue weighted by Gasteiger charge is 2.51. The van der Waals surface area contributed by atoms with Crippen molar-refractivity contribution in [3.63, 3.8) is 0 Å². The van der Waals surface area contributed by atoms with Crippen molar-refractivity contribution >= 4 is 17.6 Å². The van der Waals surface area contributed by atoms with Gasteiger partial charge in [-0.3, -0.25) is 15.1 Å². The van der Waals surface area contributed by atoms with Crippen molar-refractivity contribution in [1.29, 1.82) is 0 Å². The number of nitrogens with zero attached hydrogens (tertiary/aromatic N) is 2. The van der Waals surface area contributed by atoms with Crippen LogP contribution in [-0.4, -0.2) is 11.1 Å². The number of hydrogen-bond acceptors (Lipinski definition) is 4. The predicted molar refractivity (Wildman–Crippen MR) is 124 cm³/mol. The van der Waals surface area contributed by atoms with Gasteiger partial charge in [0, 0.05) is 17.7 Å². The quantitative estimate of drug-likeness (QED) is 0.249. The van der Waals surface area contributed by atoms with E-state index in [-0.39, 0.29) is 5.69 Å². The second-order valence-corrected chi connectivity index (χ2v) is 10.0. The molecule has 4 fully saturated rings. The van der Waals surface area contributed by atoms with Gasteiger partial charge in [-0.05, 0) is 104 Å². The molecule has 3 aromatic rings. The van der Waals surface area contributed by atoms with Crippen molar-refractivity contribution in [2.45, 2.75) is 43.9 Å². The van der Waals surface area contributed by atoms with Crippen molar-refractivity contribution in [3.05, 3.63) is 82.1 Å². The zero-order valence-electron chi connectivity index (χ0n) is 17.9. The van der Waals surface area contributed by atoms with Crippen LogP contribution >= 0.6 is 0 Å². The summed E-state index contributed by atoms with van der Waals surface area (Å²) in [5.41, 5.74) is 3.72. The topological polar surface area (TPSA) is 68.6 Å². The molecule has 0 aliphatic heterocycles. The standard InChI is InChI=1S/C27H26N2O3/c30-29(31)24-7-1-21(2-8-24)26-10-9-25(32-26)17-28-23-5-3-22(4-6-23)27-14-18-11-19(15-27)13-20(12-18)16-27/h1-10,17-20H,11-16H2. The average Bonchev–Trinajstić information content (AvgIpc) is 3.26. The van der Waals surface area contributed by atoms with E-state index in [9.17, 15) is 10.1 Å². The number of benzene rings is 2. The summed E-state index contributed by atoms with van der Waals surface area (Å²) in [6.07, 6.45) is 10.2.